The third kappa shape index (κ3) is 57.2. The maximum Gasteiger partial charge on any atom is 0.306 e. The van der Waals surface area contributed by atoms with E-state index in [0.29, 0.717) is 19.3 Å². The maximum atomic E-state index is 12.9. The molecule has 6 heteroatoms. The Bertz CT molecular complexity index is 1040. The van der Waals surface area contributed by atoms with Gasteiger partial charge < -0.3 is 14.2 Å². The Kier molecular flexibility index (Phi) is 56.0. The number of esters is 3. The van der Waals surface area contributed by atoms with Crippen molar-refractivity contribution < 1.29 is 28.6 Å². The van der Waals surface area contributed by atoms with Crippen LogP contribution in [0.2, 0.25) is 0 Å². The van der Waals surface area contributed by atoms with Crippen molar-refractivity contribution in [3.05, 3.63) is 0 Å². The smallest absolute Gasteiger partial charge is 0.306 e. The van der Waals surface area contributed by atoms with Gasteiger partial charge in [0.1, 0.15) is 13.2 Å². The summed E-state index contributed by atoms with van der Waals surface area (Å²) in [7, 11) is 0. The van der Waals surface area contributed by atoms with Gasteiger partial charge in [-0.05, 0) is 25.2 Å². The van der Waals surface area contributed by atoms with Crippen molar-refractivity contribution in [1.29, 1.82) is 0 Å². The minimum atomic E-state index is -0.763. The van der Waals surface area contributed by atoms with Gasteiger partial charge in [-0.1, -0.05) is 323 Å². The van der Waals surface area contributed by atoms with Crippen molar-refractivity contribution in [1.82, 2.24) is 0 Å². The molecule has 0 bridgehead atoms. The lowest BCUT2D eigenvalue weighted by molar-refractivity contribution is -0.167. The van der Waals surface area contributed by atoms with E-state index in [1.807, 2.05) is 0 Å². The molecule has 69 heavy (non-hydrogen) atoms. The molecule has 0 heterocycles. The molecule has 0 amide bonds. The lowest BCUT2D eigenvalue weighted by Gasteiger charge is -2.18. The molecule has 0 aliphatic heterocycles. The van der Waals surface area contributed by atoms with E-state index in [-0.39, 0.29) is 31.1 Å². The van der Waals surface area contributed by atoms with Crippen LogP contribution in [0.15, 0.2) is 0 Å². The van der Waals surface area contributed by atoms with Crippen molar-refractivity contribution in [3.63, 3.8) is 0 Å². The van der Waals surface area contributed by atoms with Gasteiger partial charge in [0.15, 0.2) is 6.10 Å². The maximum absolute atomic E-state index is 12.9. The largest absolute Gasteiger partial charge is 0.462 e. The van der Waals surface area contributed by atoms with E-state index < -0.39 is 6.10 Å². The monoisotopic (exact) mass is 975 g/mol. The SMILES string of the molecule is CCCCCCCCCCCCCCCCCCCCCC(=O)O[C@H](COC(=O)CCCCCCCCCCCCCCCCC)COC(=O)CCCCCCCCCCCCCCCCC(C)C. The van der Waals surface area contributed by atoms with E-state index >= 15 is 0 Å². The first-order valence-electron chi connectivity index (χ1n) is 31.4. The van der Waals surface area contributed by atoms with Crippen LogP contribution in [0, 0.1) is 5.92 Å². The van der Waals surface area contributed by atoms with E-state index in [0.717, 1.165) is 63.7 Å². The number of carbonyl (C=O) groups excluding carboxylic acids is 3. The van der Waals surface area contributed by atoms with Crippen molar-refractivity contribution >= 4 is 17.9 Å². The number of hydrogen-bond acceptors (Lipinski definition) is 6. The Hall–Kier alpha value is -1.59. The van der Waals surface area contributed by atoms with Crippen LogP contribution in [-0.2, 0) is 28.6 Å². The zero-order valence-electron chi connectivity index (χ0n) is 47.3. The molecular weight excluding hydrogens is 853 g/mol. The summed E-state index contributed by atoms with van der Waals surface area (Å²) in [5.41, 5.74) is 0. The van der Waals surface area contributed by atoms with Crippen molar-refractivity contribution in [2.45, 2.75) is 368 Å². The van der Waals surface area contributed by atoms with Gasteiger partial charge in [0.25, 0.3) is 0 Å². The lowest BCUT2D eigenvalue weighted by Crippen LogP contribution is -2.30. The Balaban J connectivity index is 4.28. The predicted molar refractivity (Wildman–Crippen MR) is 298 cm³/mol. The highest BCUT2D eigenvalue weighted by Crippen LogP contribution is 2.19. The zero-order valence-corrected chi connectivity index (χ0v) is 47.3. The van der Waals surface area contributed by atoms with Gasteiger partial charge in [0.05, 0.1) is 0 Å². The molecular formula is C63H122O6. The second-order valence-corrected chi connectivity index (χ2v) is 22.2. The minimum absolute atomic E-state index is 0.0613. The number of rotatable bonds is 58. The van der Waals surface area contributed by atoms with Gasteiger partial charge in [-0.25, -0.2) is 0 Å². The van der Waals surface area contributed by atoms with E-state index in [1.165, 1.54) is 257 Å². The van der Waals surface area contributed by atoms with Gasteiger partial charge in [-0.15, -0.1) is 0 Å². The molecule has 410 valence electrons. The van der Waals surface area contributed by atoms with Gasteiger partial charge >= 0.3 is 17.9 Å². The summed E-state index contributed by atoms with van der Waals surface area (Å²) in [4.78, 5) is 38.3. The van der Waals surface area contributed by atoms with Crippen LogP contribution < -0.4 is 0 Å². The first-order chi connectivity index (χ1) is 33.9. The summed E-state index contributed by atoms with van der Waals surface area (Å²) < 4.78 is 16.9. The topological polar surface area (TPSA) is 78.9 Å². The van der Waals surface area contributed by atoms with Gasteiger partial charge in [-0.3, -0.25) is 14.4 Å². The Morgan fingerprint density at radius 2 is 0.478 bits per heavy atom. The number of ether oxygens (including phenoxy) is 3. The molecule has 0 unspecified atom stereocenters. The van der Waals surface area contributed by atoms with Crippen LogP contribution in [0.3, 0.4) is 0 Å². The average Bonchev–Trinajstić information content (AvgIpc) is 3.34. The summed E-state index contributed by atoms with van der Waals surface area (Å²) in [6, 6.07) is 0. The summed E-state index contributed by atoms with van der Waals surface area (Å²) >= 11 is 0. The Labute approximate surface area is 431 Å². The van der Waals surface area contributed by atoms with Gasteiger partial charge in [-0.2, -0.15) is 0 Å². The summed E-state index contributed by atoms with van der Waals surface area (Å²) in [6.45, 7) is 9.09. The molecule has 0 aliphatic rings. The van der Waals surface area contributed by atoms with Crippen LogP contribution in [0.5, 0.6) is 0 Å². The first-order valence-corrected chi connectivity index (χ1v) is 31.4. The molecule has 0 saturated carbocycles. The molecule has 0 aromatic carbocycles. The van der Waals surface area contributed by atoms with Gasteiger partial charge in [0, 0.05) is 19.3 Å². The second-order valence-electron chi connectivity index (χ2n) is 22.2. The van der Waals surface area contributed by atoms with Crippen molar-refractivity contribution in [3.8, 4) is 0 Å². The van der Waals surface area contributed by atoms with Crippen LogP contribution in [0.25, 0.3) is 0 Å². The molecule has 0 saturated heterocycles. The number of carbonyl (C=O) groups is 3. The third-order valence-corrected chi connectivity index (χ3v) is 14.5. The molecule has 0 spiro atoms. The predicted octanol–water partition coefficient (Wildman–Crippen LogP) is 21.0. The summed E-state index contributed by atoms with van der Waals surface area (Å²) in [6.07, 6.45) is 63.8. The molecule has 1 atom stereocenters. The Morgan fingerprint density at radius 1 is 0.275 bits per heavy atom. The highest BCUT2D eigenvalue weighted by atomic mass is 16.6. The van der Waals surface area contributed by atoms with E-state index in [2.05, 4.69) is 27.7 Å². The molecule has 0 fully saturated rings. The fourth-order valence-corrected chi connectivity index (χ4v) is 9.81. The zero-order chi connectivity index (χ0) is 50.2. The quantitative estimate of drug-likeness (QED) is 0.0343. The number of hydrogen-bond donors (Lipinski definition) is 0. The molecule has 0 aliphatic carbocycles. The van der Waals surface area contributed by atoms with Crippen LogP contribution >= 0.6 is 0 Å². The summed E-state index contributed by atoms with van der Waals surface area (Å²) in [5.74, 6) is 0.0160. The standard InChI is InChI=1S/C63H122O6/c1-5-7-9-11-13-15-17-19-21-22-23-24-26-32-36-40-44-48-52-56-63(66)69-60(57-67-61(64)54-50-46-42-38-34-30-25-20-18-16-14-12-10-8-6-2)58-68-62(65)55-51-47-43-39-35-31-28-27-29-33-37-41-45-49-53-59(3)4/h59-60H,5-58H2,1-4H3/t60-/m1/s1. The first kappa shape index (κ1) is 67.4. The fourth-order valence-electron chi connectivity index (χ4n) is 9.81. The van der Waals surface area contributed by atoms with Crippen LogP contribution in [-0.4, -0.2) is 37.2 Å². The van der Waals surface area contributed by atoms with E-state index in [9.17, 15) is 14.4 Å². The number of unbranched alkanes of at least 4 members (excludes halogenated alkanes) is 45. The summed E-state index contributed by atoms with van der Waals surface area (Å²) in [5, 5.41) is 0. The molecule has 0 rings (SSSR count). The van der Waals surface area contributed by atoms with Crippen molar-refractivity contribution in [2.75, 3.05) is 13.2 Å². The molecule has 0 aromatic heterocycles. The second kappa shape index (κ2) is 57.3. The van der Waals surface area contributed by atoms with Gasteiger partial charge in [0.2, 0.25) is 0 Å². The molecule has 0 aromatic rings. The van der Waals surface area contributed by atoms with Crippen molar-refractivity contribution in [2.24, 2.45) is 5.92 Å². The lowest BCUT2D eigenvalue weighted by atomic mass is 10.0. The minimum Gasteiger partial charge on any atom is -0.462 e. The molecule has 0 N–H and O–H groups in total. The average molecular weight is 976 g/mol. The highest BCUT2D eigenvalue weighted by Gasteiger charge is 2.19. The fraction of sp³-hybridized carbons (Fsp3) is 0.952. The molecule has 0 radical (unpaired) electrons. The Morgan fingerprint density at radius 3 is 0.710 bits per heavy atom. The highest BCUT2D eigenvalue weighted by molar-refractivity contribution is 5.71. The van der Waals surface area contributed by atoms with E-state index in [1.54, 1.807) is 0 Å². The molecule has 6 nitrogen and oxygen atoms in total. The van der Waals surface area contributed by atoms with Crippen LogP contribution in [0.4, 0.5) is 0 Å². The third-order valence-electron chi connectivity index (χ3n) is 14.5. The van der Waals surface area contributed by atoms with Crippen LogP contribution in [0.1, 0.15) is 362 Å². The van der Waals surface area contributed by atoms with E-state index in [4.69, 9.17) is 14.2 Å². The normalized spacial score (nSPS) is 12.0.